The zero-order valence-corrected chi connectivity index (χ0v) is 11.8. The molecule has 0 spiro atoms. The first-order chi connectivity index (χ1) is 9.17. The van der Waals surface area contributed by atoms with Crippen LogP contribution in [0.2, 0.25) is 0 Å². The number of rotatable bonds is 8. The Balaban J connectivity index is 2.45. The Morgan fingerprint density at radius 3 is 2.58 bits per heavy atom. The van der Waals surface area contributed by atoms with Gasteiger partial charge in [-0.15, -0.1) is 0 Å². The maximum Gasteiger partial charge on any atom is 0.234 e. The predicted molar refractivity (Wildman–Crippen MR) is 76.8 cm³/mol. The van der Waals surface area contributed by atoms with Gasteiger partial charge >= 0.3 is 0 Å². The van der Waals surface area contributed by atoms with Crippen LogP contribution < -0.4 is 5.32 Å². The fourth-order valence-corrected chi connectivity index (χ4v) is 2.04. The Morgan fingerprint density at radius 2 is 2.00 bits per heavy atom. The van der Waals surface area contributed by atoms with Gasteiger partial charge in [0.25, 0.3) is 0 Å². The van der Waals surface area contributed by atoms with Gasteiger partial charge < -0.3 is 10.4 Å². The Hall–Kier alpha value is -1.39. The molecule has 0 aliphatic carbocycles. The Kier molecular flexibility index (Phi) is 7.15. The van der Waals surface area contributed by atoms with Gasteiger partial charge in [0.05, 0.1) is 19.2 Å². The summed E-state index contributed by atoms with van der Waals surface area (Å²) >= 11 is 0. The number of nitrogens with zero attached hydrogens (tertiary/aromatic N) is 1. The second-order valence-electron chi connectivity index (χ2n) is 4.70. The van der Waals surface area contributed by atoms with Crippen molar-refractivity contribution in [3.63, 3.8) is 0 Å². The van der Waals surface area contributed by atoms with Crippen molar-refractivity contribution in [1.29, 1.82) is 0 Å². The molecule has 19 heavy (non-hydrogen) atoms. The molecule has 1 aromatic rings. The molecule has 1 rings (SSSR count). The van der Waals surface area contributed by atoms with E-state index in [1.165, 1.54) is 0 Å². The second-order valence-corrected chi connectivity index (χ2v) is 4.70. The van der Waals surface area contributed by atoms with E-state index in [4.69, 9.17) is 5.11 Å². The summed E-state index contributed by atoms with van der Waals surface area (Å²) in [6.45, 7) is 5.83. The van der Waals surface area contributed by atoms with Crippen LogP contribution in [-0.4, -0.2) is 42.2 Å². The van der Waals surface area contributed by atoms with Crippen LogP contribution in [0.4, 0.5) is 0 Å². The number of amides is 1. The maximum atomic E-state index is 12.0. The largest absolute Gasteiger partial charge is 0.395 e. The summed E-state index contributed by atoms with van der Waals surface area (Å²) in [6.07, 6.45) is 0.974. The minimum Gasteiger partial charge on any atom is -0.395 e. The summed E-state index contributed by atoms with van der Waals surface area (Å²) < 4.78 is 0. The lowest BCUT2D eigenvalue weighted by Gasteiger charge is -2.21. The van der Waals surface area contributed by atoms with Crippen molar-refractivity contribution < 1.29 is 9.90 Å². The highest BCUT2D eigenvalue weighted by molar-refractivity contribution is 5.78. The SMILES string of the molecule is CCCN(CCO)CC(=O)NC(C)c1ccccc1. The molecule has 1 aromatic carbocycles. The van der Waals surface area contributed by atoms with Crippen molar-refractivity contribution in [2.75, 3.05) is 26.2 Å². The normalized spacial score (nSPS) is 12.4. The number of carbonyl (C=O) groups excluding carboxylic acids is 1. The van der Waals surface area contributed by atoms with E-state index in [0.717, 1.165) is 18.5 Å². The lowest BCUT2D eigenvalue weighted by Crippen LogP contribution is -2.39. The van der Waals surface area contributed by atoms with Gasteiger partial charge in [-0.1, -0.05) is 37.3 Å². The summed E-state index contributed by atoms with van der Waals surface area (Å²) in [7, 11) is 0. The summed E-state index contributed by atoms with van der Waals surface area (Å²) in [4.78, 5) is 13.9. The lowest BCUT2D eigenvalue weighted by atomic mass is 10.1. The highest BCUT2D eigenvalue weighted by atomic mass is 16.3. The summed E-state index contributed by atoms with van der Waals surface area (Å²) in [5.74, 6) is -0.00162. The second kappa shape index (κ2) is 8.67. The van der Waals surface area contributed by atoms with Crippen LogP contribution in [0.1, 0.15) is 31.9 Å². The molecule has 0 fully saturated rings. The van der Waals surface area contributed by atoms with E-state index in [9.17, 15) is 4.79 Å². The molecule has 0 aliphatic heterocycles. The molecule has 0 aliphatic rings. The minimum absolute atomic E-state index is 0.00162. The molecule has 4 heteroatoms. The van der Waals surface area contributed by atoms with Crippen molar-refractivity contribution in [3.8, 4) is 0 Å². The van der Waals surface area contributed by atoms with Crippen LogP contribution in [0.3, 0.4) is 0 Å². The van der Waals surface area contributed by atoms with Crippen LogP contribution in [0.15, 0.2) is 30.3 Å². The zero-order chi connectivity index (χ0) is 14.1. The molecular formula is C15H24N2O2. The molecule has 0 radical (unpaired) electrons. The average Bonchev–Trinajstić information content (AvgIpc) is 2.40. The quantitative estimate of drug-likeness (QED) is 0.749. The Labute approximate surface area is 115 Å². The summed E-state index contributed by atoms with van der Waals surface area (Å²) in [5, 5.41) is 11.9. The van der Waals surface area contributed by atoms with Crippen molar-refractivity contribution in [1.82, 2.24) is 10.2 Å². The highest BCUT2D eigenvalue weighted by Gasteiger charge is 2.12. The third-order valence-electron chi connectivity index (χ3n) is 3.00. The molecule has 0 bridgehead atoms. The lowest BCUT2D eigenvalue weighted by molar-refractivity contribution is -0.123. The third kappa shape index (κ3) is 5.85. The van der Waals surface area contributed by atoms with Gasteiger partial charge in [-0.25, -0.2) is 0 Å². The molecule has 0 saturated carbocycles. The monoisotopic (exact) mass is 264 g/mol. The van der Waals surface area contributed by atoms with Crippen molar-refractivity contribution in [3.05, 3.63) is 35.9 Å². The van der Waals surface area contributed by atoms with E-state index in [1.807, 2.05) is 42.2 Å². The van der Waals surface area contributed by atoms with Gasteiger partial charge in [-0.2, -0.15) is 0 Å². The zero-order valence-electron chi connectivity index (χ0n) is 11.8. The Morgan fingerprint density at radius 1 is 1.32 bits per heavy atom. The topological polar surface area (TPSA) is 52.6 Å². The summed E-state index contributed by atoms with van der Waals surface area (Å²) in [6, 6.07) is 9.90. The van der Waals surface area contributed by atoms with Crippen LogP contribution in [-0.2, 0) is 4.79 Å². The van der Waals surface area contributed by atoms with E-state index in [2.05, 4.69) is 12.2 Å². The van der Waals surface area contributed by atoms with Crippen LogP contribution in [0, 0.1) is 0 Å². The molecule has 4 nitrogen and oxygen atoms in total. The fraction of sp³-hybridized carbons (Fsp3) is 0.533. The van der Waals surface area contributed by atoms with E-state index in [-0.39, 0.29) is 18.6 Å². The van der Waals surface area contributed by atoms with Crippen molar-refractivity contribution in [2.24, 2.45) is 0 Å². The van der Waals surface area contributed by atoms with Crippen LogP contribution >= 0.6 is 0 Å². The van der Waals surface area contributed by atoms with Crippen molar-refractivity contribution >= 4 is 5.91 Å². The molecule has 1 atom stereocenters. The van der Waals surface area contributed by atoms with Gasteiger partial charge in [-0.3, -0.25) is 9.69 Å². The molecule has 1 amide bonds. The number of carbonyl (C=O) groups is 1. The number of benzene rings is 1. The van der Waals surface area contributed by atoms with E-state index in [1.54, 1.807) is 0 Å². The number of hydrogen-bond donors (Lipinski definition) is 2. The van der Waals surface area contributed by atoms with Crippen molar-refractivity contribution in [2.45, 2.75) is 26.3 Å². The van der Waals surface area contributed by atoms with E-state index in [0.29, 0.717) is 13.1 Å². The summed E-state index contributed by atoms with van der Waals surface area (Å²) in [5.41, 5.74) is 1.10. The number of nitrogens with one attached hydrogen (secondary N) is 1. The maximum absolute atomic E-state index is 12.0. The Bertz CT molecular complexity index is 362. The standard InChI is InChI=1S/C15H24N2O2/c1-3-9-17(10-11-18)12-15(19)16-13(2)14-7-5-4-6-8-14/h4-8,13,18H,3,9-12H2,1-2H3,(H,16,19). The smallest absolute Gasteiger partial charge is 0.234 e. The minimum atomic E-state index is -0.00162. The molecule has 0 aromatic heterocycles. The van der Waals surface area contributed by atoms with Gasteiger partial charge in [0.15, 0.2) is 0 Å². The van der Waals surface area contributed by atoms with E-state index >= 15 is 0 Å². The highest BCUT2D eigenvalue weighted by Crippen LogP contribution is 2.10. The molecule has 0 saturated heterocycles. The van der Waals surface area contributed by atoms with Gasteiger partial charge in [-0.05, 0) is 25.5 Å². The first-order valence-electron chi connectivity index (χ1n) is 6.85. The molecule has 0 heterocycles. The third-order valence-corrected chi connectivity index (χ3v) is 3.00. The number of hydrogen-bond acceptors (Lipinski definition) is 3. The molecule has 1 unspecified atom stereocenters. The van der Waals surface area contributed by atoms with Crippen LogP contribution in [0.25, 0.3) is 0 Å². The first kappa shape index (κ1) is 15.7. The van der Waals surface area contributed by atoms with Crippen LogP contribution in [0.5, 0.6) is 0 Å². The average molecular weight is 264 g/mol. The first-order valence-corrected chi connectivity index (χ1v) is 6.85. The number of aliphatic hydroxyl groups is 1. The van der Waals surface area contributed by atoms with Gasteiger partial charge in [0.1, 0.15) is 0 Å². The van der Waals surface area contributed by atoms with E-state index < -0.39 is 0 Å². The molecule has 106 valence electrons. The van der Waals surface area contributed by atoms with Gasteiger partial charge in [0.2, 0.25) is 5.91 Å². The number of aliphatic hydroxyl groups excluding tert-OH is 1. The predicted octanol–water partition coefficient (Wildman–Crippen LogP) is 1.57. The van der Waals surface area contributed by atoms with Gasteiger partial charge in [0, 0.05) is 6.54 Å². The molecular weight excluding hydrogens is 240 g/mol. The molecule has 2 N–H and O–H groups in total. The fourth-order valence-electron chi connectivity index (χ4n) is 2.04.